The summed E-state index contributed by atoms with van der Waals surface area (Å²) in [5.74, 6) is 0.121. The standard InChI is InChI=1S/C18H19N5O3/c1-3-26-16(25)13-10-19-17-21-23-14(12-7-5-4-6-8-12)9-11(2)20-18(23)22(17)15(13)24/h4-8,10-11,14H,3,9H2,1-2H3,(H,19,21). The molecule has 1 aromatic heterocycles. The maximum Gasteiger partial charge on any atom is 0.345 e. The molecule has 2 aliphatic rings. The number of ether oxygens (including phenoxy) is 1. The van der Waals surface area contributed by atoms with Gasteiger partial charge in [-0.1, -0.05) is 30.3 Å². The second-order valence-electron chi connectivity index (χ2n) is 6.28. The van der Waals surface area contributed by atoms with E-state index in [1.54, 1.807) is 6.92 Å². The zero-order valence-electron chi connectivity index (χ0n) is 14.5. The van der Waals surface area contributed by atoms with Gasteiger partial charge < -0.3 is 4.74 Å². The minimum atomic E-state index is -0.678. The summed E-state index contributed by atoms with van der Waals surface area (Å²) in [5.41, 5.74) is 3.68. The van der Waals surface area contributed by atoms with Crippen LogP contribution in [0, 0.1) is 0 Å². The Hall–Kier alpha value is -3.16. The lowest BCUT2D eigenvalue weighted by Crippen LogP contribution is -2.44. The van der Waals surface area contributed by atoms with Gasteiger partial charge >= 0.3 is 5.97 Å². The van der Waals surface area contributed by atoms with Crippen LogP contribution in [-0.4, -0.2) is 39.1 Å². The molecule has 0 spiro atoms. The molecule has 0 radical (unpaired) electrons. The summed E-state index contributed by atoms with van der Waals surface area (Å²) in [7, 11) is 0. The molecule has 0 saturated carbocycles. The van der Waals surface area contributed by atoms with Gasteiger partial charge in [0.15, 0.2) is 0 Å². The molecule has 134 valence electrons. The quantitative estimate of drug-likeness (QED) is 0.847. The summed E-state index contributed by atoms with van der Waals surface area (Å²) in [6.07, 6.45) is 2.05. The number of aromatic nitrogens is 2. The Labute approximate surface area is 150 Å². The van der Waals surface area contributed by atoms with E-state index in [9.17, 15) is 9.59 Å². The van der Waals surface area contributed by atoms with Gasteiger partial charge in [-0.15, -0.1) is 0 Å². The van der Waals surface area contributed by atoms with Gasteiger partial charge in [-0.25, -0.2) is 24.3 Å². The second kappa shape index (κ2) is 6.29. The van der Waals surface area contributed by atoms with Gasteiger partial charge in [-0.3, -0.25) is 10.2 Å². The molecule has 4 rings (SSSR count). The number of anilines is 1. The zero-order chi connectivity index (χ0) is 18.3. The Kier molecular flexibility index (Phi) is 3.95. The van der Waals surface area contributed by atoms with E-state index in [4.69, 9.17) is 4.74 Å². The molecule has 1 N–H and O–H groups in total. The van der Waals surface area contributed by atoms with Crippen LogP contribution < -0.4 is 11.0 Å². The summed E-state index contributed by atoms with van der Waals surface area (Å²) in [5, 5.41) is 1.84. The van der Waals surface area contributed by atoms with Crippen molar-refractivity contribution in [1.29, 1.82) is 0 Å². The Balaban J connectivity index is 1.79. The number of carbonyl (C=O) groups excluding carboxylic acids is 1. The molecule has 1 aromatic carbocycles. The maximum absolute atomic E-state index is 12.9. The molecule has 26 heavy (non-hydrogen) atoms. The Bertz CT molecular complexity index is 938. The minimum Gasteiger partial charge on any atom is -0.462 e. The number of esters is 1. The average Bonchev–Trinajstić information content (AvgIpc) is 3.01. The Morgan fingerprint density at radius 3 is 2.85 bits per heavy atom. The lowest BCUT2D eigenvalue weighted by molar-refractivity contribution is 0.0523. The third-order valence-corrected chi connectivity index (χ3v) is 4.49. The monoisotopic (exact) mass is 353 g/mol. The number of fused-ring (bicyclic) bond motifs is 3. The van der Waals surface area contributed by atoms with Gasteiger partial charge in [0.2, 0.25) is 11.9 Å². The first kappa shape index (κ1) is 16.3. The van der Waals surface area contributed by atoms with Crippen molar-refractivity contribution in [2.75, 3.05) is 12.0 Å². The number of hydrogen-bond acceptors (Lipinski definition) is 7. The van der Waals surface area contributed by atoms with Gasteiger partial charge in [0, 0.05) is 0 Å². The van der Waals surface area contributed by atoms with E-state index < -0.39 is 11.5 Å². The topological polar surface area (TPSA) is 88.8 Å². The summed E-state index contributed by atoms with van der Waals surface area (Å²) in [6.45, 7) is 3.89. The molecule has 2 atom stereocenters. The molecule has 3 heterocycles. The average molecular weight is 353 g/mol. The van der Waals surface area contributed by atoms with E-state index in [0.29, 0.717) is 11.9 Å². The number of hydrogen-bond donors (Lipinski definition) is 1. The fourth-order valence-corrected chi connectivity index (χ4v) is 3.31. The van der Waals surface area contributed by atoms with Crippen molar-refractivity contribution in [3.8, 4) is 0 Å². The van der Waals surface area contributed by atoms with Crippen LogP contribution in [0.3, 0.4) is 0 Å². The van der Waals surface area contributed by atoms with Crippen molar-refractivity contribution in [2.24, 2.45) is 4.99 Å². The number of benzene rings is 1. The normalized spacial score (nSPS) is 20.7. The number of nitrogens with one attached hydrogen (secondary N) is 1. The molecule has 0 amide bonds. The highest BCUT2D eigenvalue weighted by molar-refractivity contribution is 5.93. The first-order chi connectivity index (χ1) is 12.6. The fourth-order valence-electron chi connectivity index (χ4n) is 3.31. The molecular weight excluding hydrogens is 334 g/mol. The largest absolute Gasteiger partial charge is 0.462 e. The molecule has 0 bridgehead atoms. The SMILES string of the molecule is CCOC(=O)c1cnc2n(c1=O)C1=NC(C)CC(c3ccccc3)N1N2. The van der Waals surface area contributed by atoms with Crippen molar-refractivity contribution >= 4 is 17.9 Å². The molecule has 2 unspecified atom stereocenters. The van der Waals surface area contributed by atoms with Crippen LogP contribution in [0.15, 0.2) is 46.3 Å². The highest BCUT2D eigenvalue weighted by Gasteiger charge is 2.38. The lowest BCUT2D eigenvalue weighted by Gasteiger charge is -2.34. The molecule has 8 heteroatoms. The van der Waals surface area contributed by atoms with E-state index in [-0.39, 0.29) is 24.3 Å². The predicted octanol–water partition coefficient (Wildman–Crippen LogP) is 1.80. The smallest absolute Gasteiger partial charge is 0.345 e. The molecule has 8 nitrogen and oxygen atoms in total. The summed E-state index contributed by atoms with van der Waals surface area (Å²) in [6, 6.07) is 10.1. The highest BCUT2D eigenvalue weighted by Crippen LogP contribution is 2.34. The number of aliphatic imine (C=N–C) groups is 1. The molecular formula is C18H19N5O3. The van der Waals surface area contributed by atoms with Crippen molar-refractivity contribution in [3.63, 3.8) is 0 Å². The van der Waals surface area contributed by atoms with Crippen LogP contribution in [-0.2, 0) is 4.74 Å². The van der Waals surface area contributed by atoms with Gasteiger partial charge in [0.25, 0.3) is 5.56 Å². The lowest BCUT2D eigenvalue weighted by atomic mass is 9.98. The number of nitrogens with zero attached hydrogens (tertiary/aromatic N) is 4. The zero-order valence-corrected chi connectivity index (χ0v) is 14.5. The first-order valence-electron chi connectivity index (χ1n) is 8.58. The van der Waals surface area contributed by atoms with Crippen molar-refractivity contribution in [2.45, 2.75) is 32.4 Å². The summed E-state index contributed by atoms with van der Waals surface area (Å²) < 4.78 is 6.30. The number of hydrazine groups is 1. The van der Waals surface area contributed by atoms with E-state index >= 15 is 0 Å². The van der Waals surface area contributed by atoms with E-state index in [1.165, 1.54) is 10.8 Å². The Morgan fingerprint density at radius 1 is 1.35 bits per heavy atom. The van der Waals surface area contributed by atoms with Gasteiger partial charge in [-0.2, -0.15) is 0 Å². The van der Waals surface area contributed by atoms with E-state index in [1.807, 2.05) is 42.3 Å². The third-order valence-electron chi connectivity index (χ3n) is 4.49. The van der Waals surface area contributed by atoms with E-state index in [0.717, 1.165) is 12.0 Å². The van der Waals surface area contributed by atoms with Crippen LogP contribution in [0.1, 0.15) is 42.2 Å². The third kappa shape index (κ3) is 2.54. The van der Waals surface area contributed by atoms with Crippen LogP contribution in [0.2, 0.25) is 0 Å². The molecule has 2 aliphatic heterocycles. The second-order valence-corrected chi connectivity index (χ2v) is 6.28. The van der Waals surface area contributed by atoms with Crippen molar-refractivity contribution in [1.82, 2.24) is 14.6 Å². The first-order valence-corrected chi connectivity index (χ1v) is 8.58. The summed E-state index contributed by atoms with van der Waals surface area (Å²) in [4.78, 5) is 33.7. The molecule has 0 saturated heterocycles. The van der Waals surface area contributed by atoms with E-state index in [2.05, 4.69) is 15.4 Å². The van der Waals surface area contributed by atoms with Crippen LogP contribution in [0.5, 0.6) is 0 Å². The van der Waals surface area contributed by atoms with Gasteiger partial charge in [-0.05, 0) is 25.8 Å². The van der Waals surface area contributed by atoms with Crippen molar-refractivity contribution < 1.29 is 9.53 Å². The molecule has 0 aliphatic carbocycles. The predicted molar refractivity (Wildman–Crippen MR) is 96.0 cm³/mol. The molecule has 2 aromatic rings. The van der Waals surface area contributed by atoms with Crippen molar-refractivity contribution in [3.05, 3.63) is 58.0 Å². The maximum atomic E-state index is 12.9. The minimum absolute atomic E-state index is 0.00541. The fraction of sp³-hybridized carbons (Fsp3) is 0.333. The van der Waals surface area contributed by atoms with Gasteiger partial charge in [0.05, 0.1) is 24.9 Å². The highest BCUT2D eigenvalue weighted by atomic mass is 16.5. The van der Waals surface area contributed by atoms with Crippen LogP contribution in [0.25, 0.3) is 0 Å². The number of rotatable bonds is 3. The summed E-state index contributed by atoms with van der Waals surface area (Å²) >= 11 is 0. The molecule has 0 fully saturated rings. The Morgan fingerprint density at radius 2 is 2.12 bits per heavy atom. The van der Waals surface area contributed by atoms with Crippen LogP contribution in [0.4, 0.5) is 5.95 Å². The number of carbonyl (C=O) groups is 1. The van der Waals surface area contributed by atoms with Gasteiger partial charge in [0.1, 0.15) is 5.56 Å². The van der Waals surface area contributed by atoms with Crippen LogP contribution >= 0.6 is 0 Å².